The zero-order chi connectivity index (χ0) is 16.2. The Kier molecular flexibility index (Phi) is 5.67. The van der Waals surface area contributed by atoms with E-state index in [-0.39, 0.29) is 13.0 Å². The van der Waals surface area contributed by atoms with E-state index in [4.69, 9.17) is 10.2 Å². The van der Waals surface area contributed by atoms with Crippen molar-refractivity contribution in [3.8, 4) is 0 Å². The summed E-state index contributed by atoms with van der Waals surface area (Å²) in [6.07, 6.45) is 1.74. The van der Waals surface area contributed by atoms with Crippen LogP contribution < -0.4 is 5.32 Å². The van der Waals surface area contributed by atoms with Crippen molar-refractivity contribution in [1.29, 1.82) is 0 Å². The number of aliphatic carboxylic acids is 2. The standard InChI is InChI=1S/C11H18N2O7S/c1-21(19,20)13-5-3-2-4-8(13)10(16)12-7(11(17)18)6-9(14)15/h7-8H,2-6H2,1H3,(H,12,16)(H,14,15)(H,17,18)/t7-,8?/m0/s1. The minimum Gasteiger partial charge on any atom is -0.481 e. The Bertz CT molecular complexity index is 531. The molecule has 1 aliphatic heterocycles. The van der Waals surface area contributed by atoms with Gasteiger partial charge in [0.25, 0.3) is 0 Å². The van der Waals surface area contributed by atoms with Gasteiger partial charge in [-0.15, -0.1) is 0 Å². The Morgan fingerprint density at radius 1 is 1.29 bits per heavy atom. The summed E-state index contributed by atoms with van der Waals surface area (Å²) in [5.74, 6) is -3.63. The Hall–Kier alpha value is -1.68. The van der Waals surface area contributed by atoms with Crippen LogP contribution in [0.5, 0.6) is 0 Å². The van der Waals surface area contributed by atoms with Crippen LogP contribution in [0.1, 0.15) is 25.7 Å². The molecule has 0 aliphatic carbocycles. The maximum atomic E-state index is 12.1. The number of nitrogens with zero attached hydrogens (tertiary/aromatic N) is 1. The first-order valence-electron chi connectivity index (χ1n) is 6.34. The van der Waals surface area contributed by atoms with E-state index in [0.717, 1.165) is 10.6 Å². The largest absolute Gasteiger partial charge is 0.481 e. The van der Waals surface area contributed by atoms with Crippen molar-refractivity contribution in [3.63, 3.8) is 0 Å². The highest BCUT2D eigenvalue weighted by Gasteiger charge is 2.36. The van der Waals surface area contributed by atoms with Crippen molar-refractivity contribution >= 4 is 27.9 Å². The number of sulfonamides is 1. The molecule has 21 heavy (non-hydrogen) atoms. The third kappa shape index (κ3) is 4.97. The maximum Gasteiger partial charge on any atom is 0.326 e. The fourth-order valence-electron chi connectivity index (χ4n) is 2.21. The number of amides is 1. The number of hydrogen-bond acceptors (Lipinski definition) is 5. The molecule has 0 radical (unpaired) electrons. The molecule has 0 aromatic heterocycles. The molecule has 0 bridgehead atoms. The first kappa shape index (κ1) is 17.4. The average Bonchev–Trinajstić information content (AvgIpc) is 2.36. The van der Waals surface area contributed by atoms with E-state index in [1.54, 1.807) is 0 Å². The highest BCUT2D eigenvalue weighted by molar-refractivity contribution is 7.88. The second-order valence-corrected chi connectivity index (χ2v) is 6.82. The molecule has 1 saturated heterocycles. The molecule has 1 rings (SSSR count). The van der Waals surface area contributed by atoms with Crippen molar-refractivity contribution in [2.24, 2.45) is 0 Å². The van der Waals surface area contributed by atoms with Crippen LogP contribution in [0.4, 0.5) is 0 Å². The monoisotopic (exact) mass is 322 g/mol. The van der Waals surface area contributed by atoms with E-state index >= 15 is 0 Å². The lowest BCUT2D eigenvalue weighted by molar-refractivity contribution is -0.147. The van der Waals surface area contributed by atoms with E-state index in [2.05, 4.69) is 5.32 Å². The smallest absolute Gasteiger partial charge is 0.326 e. The molecule has 120 valence electrons. The van der Waals surface area contributed by atoms with E-state index in [1.165, 1.54) is 0 Å². The zero-order valence-electron chi connectivity index (χ0n) is 11.5. The minimum absolute atomic E-state index is 0.188. The van der Waals surface area contributed by atoms with Gasteiger partial charge in [-0.25, -0.2) is 13.2 Å². The van der Waals surface area contributed by atoms with E-state index in [1.807, 2.05) is 0 Å². The number of hydrogen-bond donors (Lipinski definition) is 3. The molecule has 1 aliphatic rings. The summed E-state index contributed by atoms with van der Waals surface area (Å²) in [5, 5.41) is 19.6. The fourth-order valence-corrected chi connectivity index (χ4v) is 3.33. The zero-order valence-corrected chi connectivity index (χ0v) is 12.3. The van der Waals surface area contributed by atoms with Crippen molar-refractivity contribution in [3.05, 3.63) is 0 Å². The summed E-state index contributed by atoms with van der Waals surface area (Å²) in [4.78, 5) is 33.6. The van der Waals surface area contributed by atoms with E-state index in [9.17, 15) is 22.8 Å². The lowest BCUT2D eigenvalue weighted by Gasteiger charge is -2.33. The topological polar surface area (TPSA) is 141 Å². The Morgan fingerprint density at radius 2 is 1.90 bits per heavy atom. The maximum absolute atomic E-state index is 12.1. The van der Waals surface area contributed by atoms with Crippen LogP contribution >= 0.6 is 0 Å². The number of carboxylic acids is 2. The predicted molar refractivity (Wildman–Crippen MR) is 71.0 cm³/mol. The van der Waals surface area contributed by atoms with Crippen LogP contribution in [0.2, 0.25) is 0 Å². The highest BCUT2D eigenvalue weighted by atomic mass is 32.2. The number of rotatable bonds is 6. The van der Waals surface area contributed by atoms with Crippen LogP contribution in [0.15, 0.2) is 0 Å². The molecule has 0 spiro atoms. The first-order valence-corrected chi connectivity index (χ1v) is 8.19. The van der Waals surface area contributed by atoms with Gasteiger partial charge in [-0.3, -0.25) is 9.59 Å². The Labute approximate surface area is 122 Å². The average molecular weight is 322 g/mol. The third-order valence-electron chi connectivity index (χ3n) is 3.18. The summed E-state index contributed by atoms with van der Waals surface area (Å²) in [6, 6.07) is -2.58. The second kappa shape index (κ2) is 6.85. The van der Waals surface area contributed by atoms with Gasteiger partial charge in [0.1, 0.15) is 12.1 Å². The van der Waals surface area contributed by atoms with Crippen LogP contribution in [0.25, 0.3) is 0 Å². The number of carbonyl (C=O) groups is 3. The second-order valence-electron chi connectivity index (χ2n) is 4.88. The lowest BCUT2D eigenvalue weighted by Crippen LogP contribution is -2.55. The minimum atomic E-state index is -3.59. The summed E-state index contributed by atoms with van der Waals surface area (Å²) >= 11 is 0. The number of piperidine rings is 1. The van der Waals surface area contributed by atoms with Crippen LogP contribution in [-0.4, -0.2) is 65.7 Å². The number of nitrogens with one attached hydrogen (secondary N) is 1. The molecule has 2 atom stereocenters. The highest BCUT2D eigenvalue weighted by Crippen LogP contribution is 2.20. The molecular formula is C11H18N2O7S. The normalized spacial score (nSPS) is 21.5. The molecule has 3 N–H and O–H groups in total. The van der Waals surface area contributed by atoms with Crippen LogP contribution in [-0.2, 0) is 24.4 Å². The van der Waals surface area contributed by atoms with Gasteiger partial charge in [0.2, 0.25) is 15.9 Å². The van der Waals surface area contributed by atoms with Gasteiger partial charge in [0, 0.05) is 6.54 Å². The number of carboxylic acid groups (broad SMARTS) is 2. The van der Waals surface area contributed by atoms with Crippen molar-refractivity contribution in [1.82, 2.24) is 9.62 Å². The van der Waals surface area contributed by atoms with Gasteiger partial charge in [-0.2, -0.15) is 4.31 Å². The van der Waals surface area contributed by atoms with Crippen molar-refractivity contribution in [2.45, 2.75) is 37.8 Å². The quantitative estimate of drug-likeness (QED) is 0.560. The fraction of sp³-hybridized carbons (Fsp3) is 0.727. The number of carbonyl (C=O) groups excluding carboxylic acids is 1. The summed E-state index contributed by atoms with van der Waals surface area (Å²) < 4.78 is 24.3. The molecule has 1 fully saturated rings. The molecule has 0 aromatic carbocycles. The van der Waals surface area contributed by atoms with E-state index in [0.29, 0.717) is 12.8 Å². The summed E-state index contributed by atoms with van der Waals surface area (Å²) in [6.45, 7) is 0.188. The van der Waals surface area contributed by atoms with Crippen LogP contribution in [0, 0.1) is 0 Å². The first-order chi connectivity index (χ1) is 9.62. The molecule has 0 aromatic rings. The molecule has 10 heteroatoms. The molecule has 1 unspecified atom stereocenters. The molecule has 9 nitrogen and oxygen atoms in total. The van der Waals surface area contributed by atoms with Gasteiger partial charge >= 0.3 is 11.9 Å². The SMILES string of the molecule is CS(=O)(=O)N1CCCCC1C(=O)N[C@@H](CC(=O)O)C(=O)O. The summed E-state index contributed by atoms with van der Waals surface area (Å²) in [5.41, 5.74) is 0. The van der Waals surface area contributed by atoms with Gasteiger partial charge < -0.3 is 15.5 Å². The third-order valence-corrected chi connectivity index (χ3v) is 4.46. The molecule has 0 saturated carbocycles. The summed E-state index contributed by atoms with van der Waals surface area (Å²) in [7, 11) is -3.59. The van der Waals surface area contributed by atoms with E-state index < -0.39 is 46.4 Å². The Balaban J connectivity index is 2.84. The van der Waals surface area contributed by atoms with Crippen molar-refractivity contribution < 1.29 is 33.0 Å². The van der Waals surface area contributed by atoms with Gasteiger partial charge in [-0.05, 0) is 12.8 Å². The lowest BCUT2D eigenvalue weighted by atomic mass is 10.0. The Morgan fingerprint density at radius 3 is 2.38 bits per heavy atom. The van der Waals surface area contributed by atoms with Gasteiger partial charge in [-0.1, -0.05) is 6.42 Å². The van der Waals surface area contributed by atoms with Gasteiger partial charge in [0.15, 0.2) is 0 Å². The molecule has 1 heterocycles. The van der Waals surface area contributed by atoms with Crippen molar-refractivity contribution in [2.75, 3.05) is 12.8 Å². The molecular weight excluding hydrogens is 304 g/mol. The predicted octanol–water partition coefficient (Wildman–Crippen LogP) is -1.16. The molecule has 1 amide bonds. The van der Waals surface area contributed by atoms with Gasteiger partial charge in [0.05, 0.1) is 12.7 Å². The van der Waals surface area contributed by atoms with Crippen LogP contribution in [0.3, 0.4) is 0 Å².